The second-order valence-electron chi connectivity index (χ2n) is 3.31. The smallest absolute Gasteiger partial charge is 0.0580 e. The Morgan fingerprint density at radius 2 is 2.15 bits per heavy atom. The fraction of sp³-hybridized carbons (Fsp3) is 0.455. The summed E-state index contributed by atoms with van der Waals surface area (Å²) in [5.74, 6) is 0.193. The van der Waals surface area contributed by atoms with Gasteiger partial charge in [0.15, 0.2) is 0 Å². The van der Waals surface area contributed by atoms with E-state index >= 15 is 0 Å². The van der Waals surface area contributed by atoms with E-state index in [9.17, 15) is 5.11 Å². The molecule has 1 aromatic carbocycles. The molecule has 13 heavy (non-hydrogen) atoms. The van der Waals surface area contributed by atoms with Crippen molar-refractivity contribution >= 4 is 11.6 Å². The zero-order chi connectivity index (χ0) is 9.84. The average Bonchev–Trinajstić information content (AvgIpc) is 2.04. The lowest BCUT2D eigenvalue weighted by molar-refractivity contribution is 0.160. The van der Waals surface area contributed by atoms with Crippen molar-refractivity contribution in [2.24, 2.45) is 0 Å². The van der Waals surface area contributed by atoms with Crippen LogP contribution in [0.15, 0.2) is 24.3 Å². The van der Waals surface area contributed by atoms with Crippen molar-refractivity contribution in [3.8, 4) is 0 Å². The minimum Gasteiger partial charge on any atom is -0.393 e. The molecule has 0 bridgehead atoms. The topological polar surface area (TPSA) is 20.2 Å². The fourth-order valence-electron chi connectivity index (χ4n) is 1.59. The van der Waals surface area contributed by atoms with E-state index < -0.39 is 0 Å². The van der Waals surface area contributed by atoms with Crippen LogP contribution in [0, 0.1) is 0 Å². The molecule has 1 N–H and O–H groups in total. The zero-order valence-electron chi connectivity index (χ0n) is 8.00. The first-order valence-electron chi connectivity index (χ1n) is 4.58. The van der Waals surface area contributed by atoms with Crippen LogP contribution in [0.5, 0.6) is 0 Å². The highest BCUT2D eigenvalue weighted by Gasteiger charge is 2.14. The Morgan fingerprint density at radius 3 is 2.62 bits per heavy atom. The van der Waals surface area contributed by atoms with Gasteiger partial charge in [-0.25, -0.2) is 0 Å². The summed E-state index contributed by atoms with van der Waals surface area (Å²) in [6, 6.07) is 7.69. The van der Waals surface area contributed by atoms with Crippen LogP contribution < -0.4 is 0 Å². The van der Waals surface area contributed by atoms with E-state index in [-0.39, 0.29) is 12.0 Å². The van der Waals surface area contributed by atoms with Gasteiger partial charge in [-0.05, 0) is 31.0 Å². The van der Waals surface area contributed by atoms with E-state index in [0.29, 0.717) is 0 Å². The predicted molar refractivity (Wildman–Crippen MR) is 56.2 cm³/mol. The summed E-state index contributed by atoms with van der Waals surface area (Å²) in [5.41, 5.74) is 1.12. The van der Waals surface area contributed by atoms with Gasteiger partial charge in [-0.15, -0.1) is 0 Å². The molecular formula is C11H15ClO. The average molecular weight is 199 g/mol. The zero-order valence-corrected chi connectivity index (χ0v) is 8.75. The minimum atomic E-state index is -0.316. The Balaban J connectivity index is 2.91. The fourth-order valence-corrected chi connectivity index (χ4v) is 1.79. The van der Waals surface area contributed by atoms with Crippen LogP contribution in [0.2, 0.25) is 5.02 Å². The van der Waals surface area contributed by atoms with Gasteiger partial charge >= 0.3 is 0 Å². The maximum absolute atomic E-state index is 9.51. The SMILES string of the molecule is CCC(c1cccc(Cl)c1)C(C)O. The van der Waals surface area contributed by atoms with Gasteiger partial charge in [0, 0.05) is 10.9 Å². The van der Waals surface area contributed by atoms with E-state index in [4.69, 9.17) is 11.6 Å². The van der Waals surface area contributed by atoms with Crippen molar-refractivity contribution in [3.05, 3.63) is 34.9 Å². The van der Waals surface area contributed by atoms with Crippen LogP contribution in [0.4, 0.5) is 0 Å². The summed E-state index contributed by atoms with van der Waals surface area (Å²) in [6.07, 6.45) is 0.612. The molecule has 0 aliphatic heterocycles. The Kier molecular flexibility index (Phi) is 3.76. The molecule has 0 amide bonds. The van der Waals surface area contributed by atoms with Crippen molar-refractivity contribution in [3.63, 3.8) is 0 Å². The Morgan fingerprint density at radius 1 is 1.46 bits per heavy atom. The molecule has 2 atom stereocenters. The summed E-state index contributed by atoms with van der Waals surface area (Å²) < 4.78 is 0. The van der Waals surface area contributed by atoms with Crippen LogP contribution in [-0.4, -0.2) is 11.2 Å². The Bertz CT molecular complexity index is 271. The highest BCUT2D eigenvalue weighted by molar-refractivity contribution is 6.30. The number of hydrogen-bond acceptors (Lipinski definition) is 1. The summed E-state index contributed by atoms with van der Waals surface area (Å²) in [7, 11) is 0. The minimum absolute atomic E-state index is 0.193. The van der Waals surface area contributed by atoms with E-state index in [1.54, 1.807) is 0 Å². The highest BCUT2D eigenvalue weighted by Crippen LogP contribution is 2.25. The van der Waals surface area contributed by atoms with Gasteiger partial charge in [0.25, 0.3) is 0 Å². The number of rotatable bonds is 3. The first-order chi connectivity index (χ1) is 6.15. The maximum atomic E-state index is 9.51. The monoisotopic (exact) mass is 198 g/mol. The highest BCUT2D eigenvalue weighted by atomic mass is 35.5. The number of hydrogen-bond donors (Lipinski definition) is 1. The molecule has 1 nitrogen and oxygen atoms in total. The first-order valence-corrected chi connectivity index (χ1v) is 4.96. The molecule has 1 aromatic rings. The molecule has 2 unspecified atom stereocenters. The summed E-state index contributed by atoms with van der Waals surface area (Å²) in [4.78, 5) is 0. The van der Waals surface area contributed by atoms with Crippen molar-refractivity contribution in [1.29, 1.82) is 0 Å². The van der Waals surface area contributed by atoms with Crippen molar-refractivity contribution in [2.75, 3.05) is 0 Å². The van der Waals surface area contributed by atoms with Gasteiger partial charge in [0.1, 0.15) is 0 Å². The molecule has 0 fully saturated rings. The van der Waals surface area contributed by atoms with Crippen molar-refractivity contribution < 1.29 is 5.11 Å². The molecule has 0 radical (unpaired) electrons. The molecule has 0 heterocycles. The maximum Gasteiger partial charge on any atom is 0.0580 e. The van der Waals surface area contributed by atoms with Crippen molar-refractivity contribution in [1.82, 2.24) is 0 Å². The lowest BCUT2D eigenvalue weighted by Gasteiger charge is -2.18. The van der Waals surface area contributed by atoms with E-state index in [2.05, 4.69) is 6.92 Å². The number of aliphatic hydroxyl groups excluding tert-OH is 1. The molecule has 72 valence electrons. The largest absolute Gasteiger partial charge is 0.393 e. The van der Waals surface area contributed by atoms with Crippen LogP contribution in [0.25, 0.3) is 0 Å². The molecule has 0 saturated heterocycles. The number of halogens is 1. The van der Waals surface area contributed by atoms with Gasteiger partial charge < -0.3 is 5.11 Å². The Labute approximate surface area is 84.4 Å². The third-order valence-electron chi connectivity index (χ3n) is 2.30. The third-order valence-corrected chi connectivity index (χ3v) is 2.53. The third kappa shape index (κ3) is 2.71. The number of benzene rings is 1. The predicted octanol–water partition coefficient (Wildman–Crippen LogP) is 3.21. The van der Waals surface area contributed by atoms with Crippen LogP contribution in [-0.2, 0) is 0 Å². The molecule has 0 aromatic heterocycles. The van der Waals surface area contributed by atoms with Gasteiger partial charge in [0.2, 0.25) is 0 Å². The van der Waals surface area contributed by atoms with Gasteiger partial charge in [-0.2, -0.15) is 0 Å². The normalized spacial score (nSPS) is 15.4. The molecule has 0 aliphatic carbocycles. The van der Waals surface area contributed by atoms with E-state index in [1.807, 2.05) is 31.2 Å². The van der Waals surface area contributed by atoms with Gasteiger partial charge in [0.05, 0.1) is 6.10 Å². The molecule has 2 heteroatoms. The lowest BCUT2D eigenvalue weighted by Crippen LogP contribution is -2.13. The molecule has 1 rings (SSSR count). The van der Waals surface area contributed by atoms with Crippen LogP contribution in [0.3, 0.4) is 0 Å². The Hall–Kier alpha value is -0.530. The standard InChI is InChI=1S/C11H15ClO/c1-3-11(8(2)13)9-5-4-6-10(12)7-9/h4-8,11,13H,3H2,1-2H3. The summed E-state index contributed by atoms with van der Waals surface area (Å²) in [5, 5.41) is 10.2. The van der Waals surface area contributed by atoms with Crippen molar-refractivity contribution in [2.45, 2.75) is 32.3 Å². The lowest BCUT2D eigenvalue weighted by atomic mass is 9.92. The molecule has 0 spiro atoms. The first kappa shape index (κ1) is 10.6. The van der Waals surface area contributed by atoms with Crippen LogP contribution in [0.1, 0.15) is 31.7 Å². The number of aliphatic hydroxyl groups is 1. The molecular weight excluding hydrogens is 184 g/mol. The second-order valence-corrected chi connectivity index (χ2v) is 3.75. The quantitative estimate of drug-likeness (QED) is 0.791. The van der Waals surface area contributed by atoms with E-state index in [1.165, 1.54) is 0 Å². The summed E-state index contributed by atoms with van der Waals surface area (Å²) in [6.45, 7) is 3.88. The second kappa shape index (κ2) is 4.64. The summed E-state index contributed by atoms with van der Waals surface area (Å²) >= 11 is 5.87. The van der Waals surface area contributed by atoms with E-state index in [0.717, 1.165) is 17.0 Å². The van der Waals surface area contributed by atoms with Gasteiger partial charge in [-0.1, -0.05) is 30.7 Å². The van der Waals surface area contributed by atoms with Crippen LogP contribution >= 0.6 is 11.6 Å². The molecule has 0 aliphatic rings. The molecule has 0 saturated carbocycles. The van der Waals surface area contributed by atoms with Gasteiger partial charge in [-0.3, -0.25) is 0 Å².